The van der Waals surface area contributed by atoms with Gasteiger partial charge in [-0.2, -0.15) is 0 Å². The normalized spacial score (nSPS) is 23.0. The molecule has 0 saturated carbocycles. The summed E-state index contributed by atoms with van der Waals surface area (Å²) in [6, 6.07) is 2.91. The van der Waals surface area contributed by atoms with Gasteiger partial charge in [-0.15, -0.1) is 12.4 Å². The number of halogens is 3. The Labute approximate surface area is 123 Å². The van der Waals surface area contributed by atoms with Crippen molar-refractivity contribution in [2.45, 2.75) is 26.3 Å². The highest BCUT2D eigenvalue weighted by Gasteiger charge is 2.36. The van der Waals surface area contributed by atoms with E-state index in [1.54, 1.807) is 6.92 Å². The van der Waals surface area contributed by atoms with Crippen LogP contribution in [0, 0.1) is 17.0 Å². The van der Waals surface area contributed by atoms with Crippen molar-refractivity contribution >= 4 is 18.3 Å². The van der Waals surface area contributed by atoms with Crippen molar-refractivity contribution in [3.05, 3.63) is 35.4 Å². The van der Waals surface area contributed by atoms with Crippen LogP contribution in [0.2, 0.25) is 0 Å². The highest BCUT2D eigenvalue weighted by molar-refractivity contribution is 5.85. The Bertz CT molecular complexity index is 490. The number of benzene rings is 1. The maximum atomic E-state index is 13.6. The summed E-state index contributed by atoms with van der Waals surface area (Å²) in [6.45, 7) is 5.01. The summed E-state index contributed by atoms with van der Waals surface area (Å²) in [5.41, 5.74) is -0.158. The van der Waals surface area contributed by atoms with Crippen molar-refractivity contribution in [2.24, 2.45) is 5.41 Å². The Hall–Kier alpha value is -1.20. The van der Waals surface area contributed by atoms with Crippen LogP contribution in [0.1, 0.15) is 31.9 Å². The minimum Gasteiger partial charge on any atom is -0.349 e. The van der Waals surface area contributed by atoms with Gasteiger partial charge in [0.1, 0.15) is 11.6 Å². The predicted octanol–water partition coefficient (Wildman–Crippen LogP) is 2.56. The van der Waals surface area contributed by atoms with E-state index >= 15 is 0 Å². The number of hydrogen-bond acceptors (Lipinski definition) is 2. The smallest absolute Gasteiger partial charge is 0.227 e. The summed E-state index contributed by atoms with van der Waals surface area (Å²) in [6.07, 6.45) is 0.761. The first-order valence-electron chi connectivity index (χ1n) is 6.39. The Morgan fingerprint density at radius 3 is 2.70 bits per heavy atom. The van der Waals surface area contributed by atoms with Gasteiger partial charge in [0.05, 0.1) is 11.5 Å². The number of amides is 1. The number of carbonyl (C=O) groups is 1. The summed E-state index contributed by atoms with van der Waals surface area (Å²) >= 11 is 0. The molecular formula is C14H19ClF2N2O. The lowest BCUT2D eigenvalue weighted by Gasteiger charge is -2.25. The van der Waals surface area contributed by atoms with E-state index in [0.29, 0.717) is 12.1 Å². The third-order valence-corrected chi connectivity index (χ3v) is 3.69. The van der Waals surface area contributed by atoms with Crippen molar-refractivity contribution in [3.63, 3.8) is 0 Å². The molecule has 0 radical (unpaired) electrons. The molecule has 1 aromatic carbocycles. The highest BCUT2D eigenvalue weighted by Crippen LogP contribution is 2.26. The average molecular weight is 305 g/mol. The van der Waals surface area contributed by atoms with Crippen LogP contribution in [0.3, 0.4) is 0 Å². The van der Waals surface area contributed by atoms with E-state index in [1.165, 1.54) is 12.1 Å². The van der Waals surface area contributed by atoms with Crippen LogP contribution in [0.4, 0.5) is 8.78 Å². The third-order valence-electron chi connectivity index (χ3n) is 3.69. The van der Waals surface area contributed by atoms with Gasteiger partial charge in [0.15, 0.2) is 0 Å². The fraction of sp³-hybridized carbons (Fsp3) is 0.500. The quantitative estimate of drug-likeness (QED) is 0.901. The number of carbonyl (C=O) groups excluding carboxylic acids is 1. The molecule has 1 saturated heterocycles. The third kappa shape index (κ3) is 3.46. The zero-order valence-electron chi connectivity index (χ0n) is 11.5. The number of rotatable bonds is 3. The first-order valence-corrected chi connectivity index (χ1v) is 6.39. The van der Waals surface area contributed by atoms with Gasteiger partial charge >= 0.3 is 0 Å². The second-order valence-corrected chi connectivity index (χ2v) is 5.35. The lowest BCUT2D eigenvalue weighted by Crippen LogP contribution is -2.41. The minimum absolute atomic E-state index is 0. The maximum absolute atomic E-state index is 13.6. The van der Waals surface area contributed by atoms with E-state index in [1.807, 2.05) is 6.92 Å². The van der Waals surface area contributed by atoms with Crippen LogP contribution in [-0.2, 0) is 4.79 Å². The summed E-state index contributed by atoms with van der Waals surface area (Å²) in [4.78, 5) is 12.2. The van der Waals surface area contributed by atoms with Gasteiger partial charge in [0.25, 0.3) is 0 Å². The molecule has 2 atom stereocenters. The van der Waals surface area contributed by atoms with Crippen LogP contribution in [-0.4, -0.2) is 19.0 Å². The van der Waals surface area contributed by atoms with Gasteiger partial charge < -0.3 is 10.6 Å². The summed E-state index contributed by atoms with van der Waals surface area (Å²) < 4.78 is 26.5. The molecule has 1 aromatic rings. The van der Waals surface area contributed by atoms with E-state index in [-0.39, 0.29) is 18.3 Å². The van der Waals surface area contributed by atoms with E-state index < -0.39 is 23.1 Å². The molecule has 1 aliphatic heterocycles. The summed E-state index contributed by atoms with van der Waals surface area (Å²) in [5, 5.41) is 5.94. The highest BCUT2D eigenvalue weighted by atomic mass is 35.5. The molecule has 2 N–H and O–H groups in total. The molecule has 2 unspecified atom stereocenters. The lowest BCUT2D eigenvalue weighted by molar-refractivity contribution is -0.129. The fourth-order valence-corrected chi connectivity index (χ4v) is 2.31. The molecule has 0 bridgehead atoms. The molecule has 2 rings (SSSR count). The zero-order valence-corrected chi connectivity index (χ0v) is 12.3. The van der Waals surface area contributed by atoms with Gasteiger partial charge in [-0.3, -0.25) is 4.79 Å². The van der Waals surface area contributed by atoms with Crippen molar-refractivity contribution in [3.8, 4) is 0 Å². The van der Waals surface area contributed by atoms with E-state index in [0.717, 1.165) is 19.0 Å². The molecule has 1 aliphatic rings. The molecule has 0 aromatic heterocycles. The largest absolute Gasteiger partial charge is 0.349 e. The summed E-state index contributed by atoms with van der Waals surface area (Å²) in [7, 11) is 0. The molecule has 20 heavy (non-hydrogen) atoms. The van der Waals surface area contributed by atoms with Gasteiger partial charge in [-0.1, -0.05) is 6.07 Å². The van der Waals surface area contributed by atoms with E-state index in [2.05, 4.69) is 10.6 Å². The second-order valence-electron chi connectivity index (χ2n) is 5.35. The molecule has 112 valence electrons. The molecule has 0 aliphatic carbocycles. The molecule has 1 fully saturated rings. The standard InChI is InChI=1S/C14H18F2N2O.ClH/c1-9(11-4-3-10(15)7-12(11)16)18-13(19)14(2)5-6-17-8-14;/h3-4,7,9,17H,5-6,8H2,1-2H3,(H,18,19);1H. The molecule has 6 heteroatoms. The van der Waals surface area contributed by atoms with Gasteiger partial charge in [-0.05, 0) is 32.9 Å². The van der Waals surface area contributed by atoms with Crippen molar-refractivity contribution in [1.29, 1.82) is 0 Å². The van der Waals surface area contributed by atoms with E-state index in [9.17, 15) is 13.6 Å². The topological polar surface area (TPSA) is 41.1 Å². The maximum Gasteiger partial charge on any atom is 0.227 e. The average Bonchev–Trinajstić information content (AvgIpc) is 2.77. The monoisotopic (exact) mass is 304 g/mol. The molecule has 1 heterocycles. The minimum atomic E-state index is -0.637. The predicted molar refractivity (Wildman–Crippen MR) is 75.8 cm³/mol. The van der Waals surface area contributed by atoms with Crippen LogP contribution in [0.15, 0.2) is 18.2 Å². The van der Waals surface area contributed by atoms with Gasteiger partial charge in [-0.25, -0.2) is 8.78 Å². The van der Waals surface area contributed by atoms with Crippen LogP contribution >= 0.6 is 12.4 Å². The Morgan fingerprint density at radius 2 is 2.15 bits per heavy atom. The van der Waals surface area contributed by atoms with Crippen molar-refractivity contribution in [2.75, 3.05) is 13.1 Å². The SMILES string of the molecule is CC(NC(=O)C1(C)CCNC1)c1ccc(F)cc1F.Cl. The Morgan fingerprint density at radius 1 is 1.45 bits per heavy atom. The van der Waals surface area contributed by atoms with Gasteiger partial charge in [0, 0.05) is 18.2 Å². The van der Waals surface area contributed by atoms with Crippen LogP contribution in [0.25, 0.3) is 0 Å². The number of hydrogen-bond donors (Lipinski definition) is 2. The zero-order chi connectivity index (χ0) is 14.0. The molecule has 0 spiro atoms. The lowest BCUT2D eigenvalue weighted by atomic mass is 9.88. The van der Waals surface area contributed by atoms with Crippen LogP contribution in [0.5, 0.6) is 0 Å². The first kappa shape index (κ1) is 16.9. The second kappa shape index (κ2) is 6.50. The van der Waals surface area contributed by atoms with Crippen LogP contribution < -0.4 is 10.6 Å². The first-order chi connectivity index (χ1) is 8.92. The van der Waals surface area contributed by atoms with Crippen molar-refractivity contribution in [1.82, 2.24) is 10.6 Å². The van der Waals surface area contributed by atoms with Crippen molar-refractivity contribution < 1.29 is 13.6 Å². The Balaban J connectivity index is 0.00000200. The van der Waals surface area contributed by atoms with E-state index in [4.69, 9.17) is 0 Å². The molecular weight excluding hydrogens is 286 g/mol. The van der Waals surface area contributed by atoms with Gasteiger partial charge in [0.2, 0.25) is 5.91 Å². The number of nitrogens with one attached hydrogen (secondary N) is 2. The Kier molecular flexibility index (Phi) is 5.48. The molecule has 1 amide bonds. The summed E-state index contributed by atoms with van der Waals surface area (Å²) in [5.74, 6) is -1.36. The fourth-order valence-electron chi connectivity index (χ4n) is 2.31. The molecule has 3 nitrogen and oxygen atoms in total.